The van der Waals surface area contributed by atoms with Gasteiger partial charge in [-0.25, -0.2) is 4.79 Å². The zero-order valence-corrected chi connectivity index (χ0v) is 12.2. The summed E-state index contributed by atoms with van der Waals surface area (Å²) in [6.45, 7) is 0.683. The van der Waals surface area contributed by atoms with Gasteiger partial charge in [0.1, 0.15) is 0 Å². The van der Waals surface area contributed by atoms with Crippen LogP contribution < -0.4 is 16.0 Å². The van der Waals surface area contributed by atoms with Gasteiger partial charge in [-0.15, -0.1) is 0 Å². The van der Waals surface area contributed by atoms with Crippen LogP contribution in [0, 0.1) is 0 Å². The van der Waals surface area contributed by atoms with Crippen molar-refractivity contribution in [1.29, 1.82) is 0 Å². The highest BCUT2D eigenvalue weighted by atomic mass is 35.5. The van der Waals surface area contributed by atoms with Crippen LogP contribution in [-0.4, -0.2) is 12.6 Å². The molecule has 2 aromatic carbocycles. The second kappa shape index (κ2) is 5.66. The minimum atomic E-state index is -0.163. The number of halogens is 1. The van der Waals surface area contributed by atoms with E-state index in [9.17, 15) is 4.79 Å². The van der Waals surface area contributed by atoms with Crippen molar-refractivity contribution in [2.75, 3.05) is 22.5 Å². The van der Waals surface area contributed by atoms with Gasteiger partial charge in [-0.3, -0.25) is 4.90 Å². The van der Waals surface area contributed by atoms with Crippen molar-refractivity contribution < 1.29 is 4.79 Å². The summed E-state index contributed by atoms with van der Waals surface area (Å²) in [6.07, 6.45) is 1.91. The molecular weight excluding hydrogens is 286 g/mol. The highest BCUT2D eigenvalue weighted by molar-refractivity contribution is 6.30. The van der Waals surface area contributed by atoms with E-state index in [4.69, 9.17) is 17.3 Å². The van der Waals surface area contributed by atoms with Crippen LogP contribution >= 0.6 is 11.6 Å². The highest BCUT2D eigenvalue weighted by Crippen LogP contribution is 2.29. The number of nitrogens with zero attached hydrogens (tertiary/aromatic N) is 1. The quantitative estimate of drug-likeness (QED) is 0.785. The summed E-state index contributed by atoms with van der Waals surface area (Å²) < 4.78 is 0. The fourth-order valence-electron chi connectivity index (χ4n) is 2.56. The second-order valence-electron chi connectivity index (χ2n) is 5.08. The van der Waals surface area contributed by atoms with Crippen LogP contribution in [0.2, 0.25) is 5.02 Å². The van der Waals surface area contributed by atoms with E-state index in [2.05, 4.69) is 5.32 Å². The van der Waals surface area contributed by atoms with E-state index in [0.29, 0.717) is 22.9 Å². The number of benzene rings is 2. The number of hydrogen-bond donors (Lipinski definition) is 2. The van der Waals surface area contributed by atoms with Crippen molar-refractivity contribution >= 4 is 34.7 Å². The molecule has 1 aliphatic heterocycles. The van der Waals surface area contributed by atoms with Gasteiger partial charge in [0.2, 0.25) is 0 Å². The van der Waals surface area contributed by atoms with Crippen LogP contribution in [0.4, 0.5) is 21.9 Å². The molecule has 0 radical (unpaired) electrons. The number of carbonyl (C=O) groups excluding carboxylic acids is 1. The maximum absolute atomic E-state index is 12.5. The van der Waals surface area contributed by atoms with Crippen molar-refractivity contribution in [3.63, 3.8) is 0 Å². The Morgan fingerprint density at radius 3 is 2.90 bits per heavy atom. The third-order valence-electron chi connectivity index (χ3n) is 3.55. The Bertz CT molecular complexity index is 687. The number of aryl methyl sites for hydroxylation is 1. The number of rotatable bonds is 1. The summed E-state index contributed by atoms with van der Waals surface area (Å²) >= 11 is 5.93. The molecule has 108 valence electrons. The Kier molecular flexibility index (Phi) is 3.71. The van der Waals surface area contributed by atoms with E-state index >= 15 is 0 Å². The average molecular weight is 302 g/mol. The van der Waals surface area contributed by atoms with E-state index < -0.39 is 0 Å². The number of nitrogens with two attached hydrogens (primary N) is 1. The minimum absolute atomic E-state index is 0.163. The first-order valence-electron chi connectivity index (χ1n) is 6.86. The molecule has 4 nitrogen and oxygen atoms in total. The van der Waals surface area contributed by atoms with E-state index in [1.54, 1.807) is 23.1 Å². The molecule has 0 atom stereocenters. The fourth-order valence-corrected chi connectivity index (χ4v) is 2.75. The Hall–Kier alpha value is -2.20. The Morgan fingerprint density at radius 1 is 1.24 bits per heavy atom. The van der Waals surface area contributed by atoms with E-state index in [1.165, 1.54) is 0 Å². The number of nitrogens with one attached hydrogen (secondary N) is 1. The number of nitrogen functional groups attached to an aromatic ring is 1. The van der Waals surface area contributed by atoms with Gasteiger partial charge in [0.05, 0.1) is 5.69 Å². The molecule has 0 aliphatic carbocycles. The topological polar surface area (TPSA) is 58.4 Å². The minimum Gasteiger partial charge on any atom is -0.399 e. The normalized spacial score (nSPS) is 13.7. The number of amides is 2. The number of fused-ring (bicyclic) bond motifs is 1. The zero-order chi connectivity index (χ0) is 14.8. The SMILES string of the molecule is Nc1ccc2c(c1)N(C(=O)Nc1cccc(Cl)c1)CCC2. The number of urea groups is 1. The van der Waals surface area contributed by atoms with E-state index in [0.717, 1.165) is 24.1 Å². The van der Waals surface area contributed by atoms with Crippen molar-refractivity contribution in [1.82, 2.24) is 0 Å². The van der Waals surface area contributed by atoms with Crippen molar-refractivity contribution in [3.05, 3.63) is 53.1 Å². The third kappa shape index (κ3) is 2.95. The molecule has 3 rings (SSSR count). The molecule has 0 saturated heterocycles. The third-order valence-corrected chi connectivity index (χ3v) is 3.78. The van der Waals surface area contributed by atoms with E-state index in [-0.39, 0.29) is 6.03 Å². The van der Waals surface area contributed by atoms with E-state index in [1.807, 2.05) is 24.3 Å². The van der Waals surface area contributed by atoms with Crippen LogP contribution in [-0.2, 0) is 6.42 Å². The van der Waals surface area contributed by atoms with Gasteiger partial charge >= 0.3 is 6.03 Å². The lowest BCUT2D eigenvalue weighted by atomic mass is 10.0. The lowest BCUT2D eigenvalue weighted by molar-refractivity contribution is 0.256. The molecule has 0 bridgehead atoms. The summed E-state index contributed by atoms with van der Waals surface area (Å²) in [6, 6.07) is 12.7. The molecule has 2 aromatic rings. The first-order chi connectivity index (χ1) is 10.1. The van der Waals surface area contributed by atoms with Crippen LogP contribution in [0.25, 0.3) is 0 Å². The Labute approximate surface area is 128 Å². The summed E-state index contributed by atoms with van der Waals surface area (Å²) in [5, 5.41) is 3.47. The van der Waals surface area contributed by atoms with Gasteiger partial charge in [0.15, 0.2) is 0 Å². The van der Waals surface area contributed by atoms with Crippen LogP contribution in [0.3, 0.4) is 0 Å². The number of anilines is 3. The largest absolute Gasteiger partial charge is 0.399 e. The van der Waals surface area contributed by atoms with Gasteiger partial charge in [-0.1, -0.05) is 23.7 Å². The van der Waals surface area contributed by atoms with Gasteiger partial charge in [-0.2, -0.15) is 0 Å². The van der Waals surface area contributed by atoms with Crippen LogP contribution in [0.15, 0.2) is 42.5 Å². The van der Waals surface area contributed by atoms with Gasteiger partial charge in [-0.05, 0) is 48.7 Å². The predicted molar refractivity (Wildman–Crippen MR) is 87.0 cm³/mol. The van der Waals surface area contributed by atoms with Crippen molar-refractivity contribution in [2.45, 2.75) is 12.8 Å². The Balaban J connectivity index is 1.85. The first-order valence-corrected chi connectivity index (χ1v) is 7.24. The van der Waals surface area contributed by atoms with Crippen LogP contribution in [0.5, 0.6) is 0 Å². The molecular formula is C16H16ClN3O. The maximum Gasteiger partial charge on any atom is 0.326 e. The van der Waals surface area contributed by atoms with Crippen LogP contribution in [0.1, 0.15) is 12.0 Å². The lowest BCUT2D eigenvalue weighted by Gasteiger charge is -2.29. The van der Waals surface area contributed by atoms with Crippen molar-refractivity contribution in [3.8, 4) is 0 Å². The molecule has 5 heteroatoms. The van der Waals surface area contributed by atoms with Gasteiger partial charge in [0, 0.05) is 22.9 Å². The number of hydrogen-bond acceptors (Lipinski definition) is 2. The standard InChI is InChI=1S/C16H16ClN3O/c17-12-4-1-5-14(9-12)19-16(21)20-8-2-3-11-6-7-13(18)10-15(11)20/h1,4-7,9-10H,2-3,8,18H2,(H,19,21). The smallest absolute Gasteiger partial charge is 0.326 e. The number of carbonyl (C=O) groups is 1. The molecule has 1 heterocycles. The van der Waals surface area contributed by atoms with Gasteiger partial charge < -0.3 is 11.1 Å². The molecule has 3 N–H and O–H groups in total. The monoisotopic (exact) mass is 301 g/mol. The molecule has 0 saturated carbocycles. The summed E-state index contributed by atoms with van der Waals surface area (Å²) in [5.41, 5.74) is 9.23. The van der Waals surface area contributed by atoms with Crippen molar-refractivity contribution in [2.24, 2.45) is 0 Å². The summed E-state index contributed by atoms with van der Waals surface area (Å²) in [5.74, 6) is 0. The lowest BCUT2D eigenvalue weighted by Crippen LogP contribution is -2.38. The summed E-state index contributed by atoms with van der Waals surface area (Å²) in [7, 11) is 0. The van der Waals surface area contributed by atoms with Gasteiger partial charge in [0.25, 0.3) is 0 Å². The maximum atomic E-state index is 12.5. The Morgan fingerprint density at radius 2 is 2.10 bits per heavy atom. The average Bonchev–Trinajstić information content (AvgIpc) is 2.46. The molecule has 21 heavy (non-hydrogen) atoms. The molecule has 0 aromatic heterocycles. The molecule has 2 amide bonds. The fraction of sp³-hybridized carbons (Fsp3) is 0.188. The molecule has 0 fully saturated rings. The predicted octanol–water partition coefficient (Wildman–Crippen LogP) is 3.91. The molecule has 1 aliphatic rings. The second-order valence-corrected chi connectivity index (χ2v) is 5.52. The molecule has 0 unspecified atom stereocenters. The zero-order valence-electron chi connectivity index (χ0n) is 11.5. The first kappa shape index (κ1) is 13.8. The molecule has 0 spiro atoms. The summed E-state index contributed by atoms with van der Waals surface area (Å²) in [4.78, 5) is 14.2. The highest BCUT2D eigenvalue weighted by Gasteiger charge is 2.22.